The molecule has 4 heteroatoms. The average Bonchev–Trinajstić information content (AvgIpc) is 2.27. The highest BCUT2D eigenvalue weighted by Gasteiger charge is 2.16. The zero-order valence-corrected chi connectivity index (χ0v) is 12.8. The molecule has 0 amide bonds. The summed E-state index contributed by atoms with van der Waals surface area (Å²) >= 11 is 4.36. The minimum absolute atomic E-state index is 0.0912. The smallest absolute Gasteiger partial charge is 0.0207 e. The molecule has 0 saturated carbocycles. The van der Waals surface area contributed by atoms with Crippen molar-refractivity contribution in [1.82, 2.24) is 5.32 Å². The van der Waals surface area contributed by atoms with Crippen molar-refractivity contribution in [2.75, 3.05) is 12.3 Å². The first kappa shape index (κ1) is 15.0. The first-order valence-corrected chi connectivity index (χ1v) is 7.53. The highest BCUT2D eigenvalue weighted by molar-refractivity contribution is 9.10. The van der Waals surface area contributed by atoms with Gasteiger partial charge >= 0.3 is 0 Å². The molecule has 96 valence electrons. The van der Waals surface area contributed by atoms with Gasteiger partial charge in [0.1, 0.15) is 0 Å². The number of hydrogen-bond donors (Lipinski definition) is 2. The van der Waals surface area contributed by atoms with Gasteiger partial charge in [-0.3, -0.25) is 0 Å². The summed E-state index contributed by atoms with van der Waals surface area (Å²) in [5.74, 6) is 0.793. The van der Waals surface area contributed by atoms with E-state index in [9.17, 15) is 0 Å². The van der Waals surface area contributed by atoms with Crippen molar-refractivity contribution < 1.29 is 4.55 Å². The molecule has 2 N–H and O–H groups in total. The number of rotatable bonds is 7. The fourth-order valence-electron chi connectivity index (χ4n) is 1.74. The monoisotopic (exact) mass is 317 g/mol. The molecule has 0 aliphatic rings. The predicted molar refractivity (Wildman–Crippen MR) is 79.6 cm³/mol. The van der Waals surface area contributed by atoms with E-state index in [0.717, 1.165) is 41.7 Å². The van der Waals surface area contributed by atoms with Crippen LogP contribution in [0.15, 0.2) is 28.7 Å². The predicted octanol–water partition coefficient (Wildman–Crippen LogP) is 3.96. The van der Waals surface area contributed by atoms with Gasteiger partial charge in [-0.1, -0.05) is 28.1 Å². The molecule has 0 heterocycles. The highest BCUT2D eigenvalue weighted by atomic mass is 79.9. The Morgan fingerprint density at radius 1 is 1.29 bits per heavy atom. The molecule has 0 aliphatic carbocycles. The van der Waals surface area contributed by atoms with Crippen LogP contribution < -0.4 is 5.32 Å². The molecule has 0 aromatic heterocycles. The molecule has 0 fully saturated rings. The number of halogens is 1. The van der Waals surface area contributed by atoms with Crippen LogP contribution in [-0.4, -0.2) is 22.4 Å². The molecule has 0 bridgehead atoms. The lowest BCUT2D eigenvalue weighted by Crippen LogP contribution is -2.41. The van der Waals surface area contributed by atoms with Crippen molar-refractivity contribution in [2.24, 2.45) is 0 Å². The Balaban J connectivity index is 2.40. The fraction of sp³-hybridized carbons (Fsp3) is 0.538. The van der Waals surface area contributed by atoms with Crippen LogP contribution in [-0.2, 0) is 6.42 Å². The Kier molecular flexibility index (Phi) is 6.55. The first-order valence-electron chi connectivity index (χ1n) is 5.79. The second kappa shape index (κ2) is 7.41. The van der Waals surface area contributed by atoms with Crippen LogP contribution >= 0.6 is 28.0 Å². The fourth-order valence-corrected chi connectivity index (χ4v) is 2.28. The molecule has 1 aromatic carbocycles. The summed E-state index contributed by atoms with van der Waals surface area (Å²) in [7, 11) is 0. The Morgan fingerprint density at radius 3 is 2.53 bits per heavy atom. The molecule has 17 heavy (non-hydrogen) atoms. The molecular weight excluding hydrogens is 298 g/mol. The van der Waals surface area contributed by atoms with E-state index < -0.39 is 0 Å². The van der Waals surface area contributed by atoms with Gasteiger partial charge in [-0.15, -0.1) is 0 Å². The standard InChI is InChI=1S/C13H20BrNOS/c1-13(2,15-8-3-9-17-16)10-11-4-6-12(14)7-5-11/h4-7,15-16H,3,8-10H2,1-2H3. The van der Waals surface area contributed by atoms with E-state index in [4.69, 9.17) is 4.55 Å². The summed E-state index contributed by atoms with van der Waals surface area (Å²) in [5, 5.41) is 3.52. The second-order valence-electron chi connectivity index (χ2n) is 4.80. The molecule has 1 rings (SSSR count). The summed E-state index contributed by atoms with van der Waals surface area (Å²) in [6, 6.07) is 8.45. The number of nitrogens with one attached hydrogen (secondary N) is 1. The highest BCUT2D eigenvalue weighted by Crippen LogP contribution is 2.16. The van der Waals surface area contributed by atoms with Crippen LogP contribution in [0, 0.1) is 0 Å². The minimum Gasteiger partial charge on any atom is -0.330 e. The number of hydrogen-bond acceptors (Lipinski definition) is 3. The van der Waals surface area contributed by atoms with Gasteiger partial charge in [0.2, 0.25) is 0 Å². The van der Waals surface area contributed by atoms with Gasteiger partial charge in [-0.2, -0.15) is 0 Å². The van der Waals surface area contributed by atoms with E-state index in [1.807, 2.05) is 0 Å². The Hall–Kier alpha value is -0.0300. The van der Waals surface area contributed by atoms with Gasteiger partial charge in [0.25, 0.3) is 0 Å². The van der Waals surface area contributed by atoms with Crippen molar-refractivity contribution in [1.29, 1.82) is 0 Å². The van der Waals surface area contributed by atoms with Gasteiger partial charge < -0.3 is 9.87 Å². The first-order chi connectivity index (χ1) is 8.03. The third-order valence-electron chi connectivity index (χ3n) is 2.58. The quantitative estimate of drug-likeness (QED) is 0.590. The minimum atomic E-state index is 0.0912. The molecule has 2 nitrogen and oxygen atoms in total. The third-order valence-corrected chi connectivity index (χ3v) is 3.58. The largest absolute Gasteiger partial charge is 0.330 e. The molecule has 0 spiro atoms. The Bertz CT molecular complexity index is 327. The normalized spacial score (nSPS) is 11.8. The maximum atomic E-state index is 8.64. The lowest BCUT2D eigenvalue weighted by Gasteiger charge is -2.26. The van der Waals surface area contributed by atoms with Crippen molar-refractivity contribution in [3.8, 4) is 0 Å². The molecule has 1 aromatic rings. The van der Waals surface area contributed by atoms with Crippen LogP contribution in [0.3, 0.4) is 0 Å². The van der Waals surface area contributed by atoms with Gasteiger partial charge in [0.15, 0.2) is 0 Å². The summed E-state index contributed by atoms with van der Waals surface area (Å²) in [4.78, 5) is 0. The van der Waals surface area contributed by atoms with Gasteiger partial charge in [0.05, 0.1) is 0 Å². The Morgan fingerprint density at radius 2 is 1.94 bits per heavy atom. The summed E-state index contributed by atoms with van der Waals surface area (Å²) in [6.45, 7) is 5.36. The summed E-state index contributed by atoms with van der Waals surface area (Å²) < 4.78 is 9.76. The molecule has 0 radical (unpaired) electrons. The van der Waals surface area contributed by atoms with Crippen LogP contribution in [0.5, 0.6) is 0 Å². The SMILES string of the molecule is CC(C)(Cc1ccc(Br)cc1)NCCCSO. The van der Waals surface area contributed by atoms with Gasteiger partial charge in [0, 0.05) is 15.8 Å². The van der Waals surface area contributed by atoms with Crippen molar-refractivity contribution in [3.05, 3.63) is 34.3 Å². The van der Waals surface area contributed by atoms with E-state index in [0.29, 0.717) is 0 Å². The van der Waals surface area contributed by atoms with Crippen LogP contribution in [0.25, 0.3) is 0 Å². The van der Waals surface area contributed by atoms with Crippen molar-refractivity contribution >= 4 is 28.0 Å². The van der Waals surface area contributed by atoms with Crippen LogP contribution in [0.2, 0.25) is 0 Å². The average molecular weight is 318 g/mol. The van der Waals surface area contributed by atoms with Gasteiger partial charge in [-0.05, 0) is 63.0 Å². The summed E-state index contributed by atoms with van der Waals surface area (Å²) in [5.41, 5.74) is 1.43. The van der Waals surface area contributed by atoms with Crippen LogP contribution in [0.1, 0.15) is 25.8 Å². The Labute approximate surface area is 117 Å². The molecule has 0 aliphatic heterocycles. The van der Waals surface area contributed by atoms with E-state index in [1.165, 1.54) is 5.56 Å². The lowest BCUT2D eigenvalue weighted by atomic mass is 9.95. The van der Waals surface area contributed by atoms with E-state index in [-0.39, 0.29) is 5.54 Å². The lowest BCUT2D eigenvalue weighted by molar-refractivity contribution is 0.387. The van der Waals surface area contributed by atoms with E-state index >= 15 is 0 Å². The zero-order chi connectivity index (χ0) is 12.7. The molecule has 0 atom stereocenters. The van der Waals surface area contributed by atoms with Gasteiger partial charge in [-0.25, -0.2) is 0 Å². The zero-order valence-electron chi connectivity index (χ0n) is 10.4. The maximum Gasteiger partial charge on any atom is 0.0207 e. The van der Waals surface area contributed by atoms with Crippen molar-refractivity contribution in [3.63, 3.8) is 0 Å². The van der Waals surface area contributed by atoms with E-state index in [1.54, 1.807) is 0 Å². The van der Waals surface area contributed by atoms with E-state index in [2.05, 4.69) is 59.4 Å². The third kappa shape index (κ3) is 6.46. The maximum absolute atomic E-state index is 8.64. The molecule has 0 unspecified atom stereocenters. The number of benzene rings is 1. The van der Waals surface area contributed by atoms with Crippen LogP contribution in [0.4, 0.5) is 0 Å². The topological polar surface area (TPSA) is 32.3 Å². The molecular formula is C13H20BrNOS. The summed E-state index contributed by atoms with van der Waals surface area (Å²) in [6.07, 6.45) is 2.00. The second-order valence-corrected chi connectivity index (χ2v) is 6.38. The van der Waals surface area contributed by atoms with Crippen molar-refractivity contribution in [2.45, 2.75) is 32.2 Å². The molecule has 0 saturated heterocycles.